The Morgan fingerprint density at radius 3 is 2.54 bits per heavy atom. The topological polar surface area (TPSA) is 44.0 Å². The normalized spacial score (nSPS) is 10.9. The Labute approximate surface area is 82.4 Å². The summed E-state index contributed by atoms with van der Waals surface area (Å²) < 4.78 is 0. The molecule has 1 N–H and O–H groups in total. The molecule has 0 saturated carbocycles. The van der Waals surface area contributed by atoms with E-state index in [1.54, 1.807) is 26.0 Å². The number of aromatic hydroxyl groups is 1. The van der Waals surface area contributed by atoms with E-state index >= 15 is 0 Å². The summed E-state index contributed by atoms with van der Waals surface area (Å²) in [5.74, 6) is 0.0409. The number of benzene rings is 1. The van der Waals surface area contributed by atoms with Crippen molar-refractivity contribution in [1.29, 1.82) is 5.26 Å². The van der Waals surface area contributed by atoms with Crippen LogP contribution in [-0.4, -0.2) is 5.11 Å². The summed E-state index contributed by atoms with van der Waals surface area (Å²) in [6, 6.07) is 6.97. The summed E-state index contributed by atoms with van der Waals surface area (Å²) in [5.41, 5.74) is 0.231. The molecule has 1 aromatic rings. The van der Waals surface area contributed by atoms with Gasteiger partial charge in [0.1, 0.15) is 5.75 Å². The summed E-state index contributed by atoms with van der Waals surface area (Å²) in [6.45, 7) is 3.60. The molecule has 0 amide bonds. The first-order chi connectivity index (χ1) is 5.97. The molecule has 13 heavy (non-hydrogen) atoms. The van der Waals surface area contributed by atoms with Gasteiger partial charge < -0.3 is 5.11 Å². The number of rotatable bonds is 1. The summed E-state index contributed by atoms with van der Waals surface area (Å²) in [5, 5.41) is 18.3. The average molecular weight is 196 g/mol. The van der Waals surface area contributed by atoms with Crippen molar-refractivity contribution in [2.24, 2.45) is 0 Å². The van der Waals surface area contributed by atoms with Crippen molar-refractivity contribution in [1.82, 2.24) is 0 Å². The molecule has 0 bridgehead atoms. The van der Waals surface area contributed by atoms with Gasteiger partial charge >= 0.3 is 0 Å². The molecule has 0 fully saturated rings. The zero-order valence-electron chi connectivity index (χ0n) is 7.50. The lowest BCUT2D eigenvalue weighted by molar-refractivity contribution is 0.475. The summed E-state index contributed by atoms with van der Waals surface area (Å²) >= 11 is 5.72. The van der Waals surface area contributed by atoms with Crippen LogP contribution in [0.5, 0.6) is 5.75 Å². The molecule has 3 heteroatoms. The van der Waals surface area contributed by atoms with Crippen LogP contribution in [0.3, 0.4) is 0 Å². The molecule has 0 aliphatic rings. The van der Waals surface area contributed by atoms with Gasteiger partial charge in [-0.25, -0.2) is 0 Å². The van der Waals surface area contributed by atoms with E-state index in [1.807, 2.05) is 0 Å². The Hall–Kier alpha value is -1.20. The van der Waals surface area contributed by atoms with Crippen molar-refractivity contribution >= 4 is 11.6 Å². The number of nitrogens with zero attached hydrogens (tertiary/aromatic N) is 1. The SMILES string of the molecule is CC(C)(C#N)c1ccc(O)c(Cl)c1. The van der Waals surface area contributed by atoms with E-state index in [2.05, 4.69) is 6.07 Å². The van der Waals surface area contributed by atoms with E-state index in [1.165, 1.54) is 6.07 Å². The summed E-state index contributed by atoms with van der Waals surface area (Å²) in [6.07, 6.45) is 0. The second kappa shape index (κ2) is 3.27. The molecule has 1 rings (SSSR count). The summed E-state index contributed by atoms with van der Waals surface area (Å²) in [7, 11) is 0. The Balaban J connectivity index is 3.20. The molecule has 0 radical (unpaired) electrons. The van der Waals surface area contributed by atoms with Crippen molar-refractivity contribution in [2.75, 3.05) is 0 Å². The van der Waals surface area contributed by atoms with E-state index in [0.717, 1.165) is 5.56 Å². The lowest BCUT2D eigenvalue weighted by Gasteiger charge is -2.15. The van der Waals surface area contributed by atoms with Gasteiger partial charge in [-0.05, 0) is 31.5 Å². The van der Waals surface area contributed by atoms with Crippen LogP contribution in [0, 0.1) is 11.3 Å². The van der Waals surface area contributed by atoms with Crippen molar-refractivity contribution in [2.45, 2.75) is 19.3 Å². The fourth-order valence-corrected chi connectivity index (χ4v) is 1.14. The van der Waals surface area contributed by atoms with Crippen LogP contribution in [0.2, 0.25) is 5.02 Å². The molecule has 0 aliphatic heterocycles. The minimum Gasteiger partial charge on any atom is -0.506 e. The quantitative estimate of drug-likeness (QED) is 0.749. The predicted octanol–water partition coefficient (Wildman–Crippen LogP) is 2.85. The third-order valence-electron chi connectivity index (χ3n) is 1.95. The smallest absolute Gasteiger partial charge is 0.134 e. The molecule has 0 atom stereocenters. The zero-order chi connectivity index (χ0) is 10.1. The van der Waals surface area contributed by atoms with Crippen LogP contribution in [0.15, 0.2) is 18.2 Å². The van der Waals surface area contributed by atoms with Crippen molar-refractivity contribution < 1.29 is 5.11 Å². The van der Waals surface area contributed by atoms with Gasteiger partial charge in [0.05, 0.1) is 16.5 Å². The van der Waals surface area contributed by atoms with Gasteiger partial charge in [-0.3, -0.25) is 0 Å². The van der Waals surface area contributed by atoms with Crippen LogP contribution in [0.25, 0.3) is 0 Å². The molecular formula is C10H10ClNO. The fourth-order valence-electron chi connectivity index (χ4n) is 0.960. The van der Waals surface area contributed by atoms with E-state index in [9.17, 15) is 0 Å². The Morgan fingerprint density at radius 1 is 1.46 bits per heavy atom. The maximum Gasteiger partial charge on any atom is 0.134 e. The van der Waals surface area contributed by atoms with Crippen LogP contribution in [0.1, 0.15) is 19.4 Å². The van der Waals surface area contributed by atoms with Crippen LogP contribution in [0.4, 0.5) is 0 Å². The number of phenols is 1. The molecule has 0 aromatic heterocycles. The van der Waals surface area contributed by atoms with Gasteiger partial charge in [0.2, 0.25) is 0 Å². The second-order valence-corrected chi connectivity index (χ2v) is 3.81. The minimum absolute atomic E-state index is 0.0409. The van der Waals surface area contributed by atoms with Gasteiger partial charge in [-0.2, -0.15) is 5.26 Å². The number of nitriles is 1. The first-order valence-corrected chi connectivity index (χ1v) is 4.25. The maximum atomic E-state index is 9.17. The van der Waals surface area contributed by atoms with Crippen molar-refractivity contribution in [3.05, 3.63) is 28.8 Å². The lowest BCUT2D eigenvalue weighted by atomic mass is 9.86. The third-order valence-corrected chi connectivity index (χ3v) is 2.25. The average Bonchev–Trinajstić information content (AvgIpc) is 2.09. The van der Waals surface area contributed by atoms with E-state index < -0.39 is 5.41 Å². The summed E-state index contributed by atoms with van der Waals surface area (Å²) in [4.78, 5) is 0. The molecular weight excluding hydrogens is 186 g/mol. The van der Waals surface area contributed by atoms with Gasteiger partial charge in [0, 0.05) is 0 Å². The lowest BCUT2D eigenvalue weighted by Crippen LogP contribution is -2.13. The van der Waals surface area contributed by atoms with Gasteiger partial charge in [0.25, 0.3) is 0 Å². The van der Waals surface area contributed by atoms with Gasteiger partial charge in [-0.15, -0.1) is 0 Å². The maximum absolute atomic E-state index is 9.17. The molecule has 0 saturated heterocycles. The van der Waals surface area contributed by atoms with Crippen molar-refractivity contribution in [3.8, 4) is 11.8 Å². The molecule has 1 aromatic carbocycles. The highest BCUT2D eigenvalue weighted by atomic mass is 35.5. The van der Waals surface area contributed by atoms with E-state index in [0.29, 0.717) is 0 Å². The molecule has 2 nitrogen and oxygen atoms in total. The molecule has 0 heterocycles. The number of hydrogen-bond acceptors (Lipinski definition) is 2. The van der Waals surface area contributed by atoms with E-state index in [-0.39, 0.29) is 10.8 Å². The highest BCUT2D eigenvalue weighted by Gasteiger charge is 2.20. The van der Waals surface area contributed by atoms with Crippen molar-refractivity contribution in [3.63, 3.8) is 0 Å². The zero-order valence-corrected chi connectivity index (χ0v) is 8.26. The van der Waals surface area contributed by atoms with Crippen LogP contribution in [-0.2, 0) is 5.41 Å². The highest BCUT2D eigenvalue weighted by molar-refractivity contribution is 6.32. The molecule has 68 valence electrons. The molecule has 0 spiro atoms. The second-order valence-electron chi connectivity index (χ2n) is 3.40. The Bertz CT molecular complexity index is 366. The standard InChI is InChI=1S/C10H10ClNO/c1-10(2,6-12)7-3-4-9(13)8(11)5-7/h3-5,13H,1-2H3. The van der Waals surface area contributed by atoms with E-state index in [4.69, 9.17) is 22.0 Å². The van der Waals surface area contributed by atoms with Crippen LogP contribution >= 0.6 is 11.6 Å². The Kier molecular flexibility index (Phi) is 2.49. The molecule has 0 aliphatic carbocycles. The van der Waals surface area contributed by atoms with Gasteiger partial charge in [0.15, 0.2) is 0 Å². The first kappa shape index (κ1) is 9.88. The number of halogens is 1. The largest absolute Gasteiger partial charge is 0.506 e. The Morgan fingerprint density at radius 2 is 2.08 bits per heavy atom. The van der Waals surface area contributed by atoms with Gasteiger partial charge in [-0.1, -0.05) is 17.7 Å². The fraction of sp³-hybridized carbons (Fsp3) is 0.300. The minimum atomic E-state index is -0.572. The van der Waals surface area contributed by atoms with Crippen LogP contribution < -0.4 is 0 Å². The first-order valence-electron chi connectivity index (χ1n) is 3.87. The highest BCUT2D eigenvalue weighted by Crippen LogP contribution is 2.29. The number of phenolic OH excluding ortho intramolecular Hbond substituents is 1. The molecule has 0 unspecified atom stereocenters. The monoisotopic (exact) mass is 195 g/mol. The third kappa shape index (κ3) is 1.93. The predicted molar refractivity (Wildman–Crippen MR) is 51.8 cm³/mol. The number of hydrogen-bond donors (Lipinski definition) is 1.